The van der Waals surface area contributed by atoms with Crippen molar-refractivity contribution in [2.45, 2.75) is 11.2 Å². The average Bonchev–Trinajstić information content (AvgIpc) is 2.75. The van der Waals surface area contributed by atoms with Crippen LogP contribution in [0.15, 0.2) is 36.4 Å². The summed E-state index contributed by atoms with van der Waals surface area (Å²) >= 11 is 12.2. The van der Waals surface area contributed by atoms with Crippen molar-refractivity contribution in [3.8, 4) is 0 Å². The van der Waals surface area contributed by atoms with Crippen LogP contribution in [0.1, 0.15) is 21.5 Å². The number of likely N-dealkylation sites (N-methyl/N-ethyl adjacent to an activating group) is 1. The molecule has 0 radical (unpaired) electrons. The van der Waals surface area contributed by atoms with Gasteiger partial charge in [-0.3, -0.25) is 4.79 Å². The molecular formula is C16H12BrClINO. The zero-order valence-corrected chi connectivity index (χ0v) is 15.7. The third kappa shape index (κ3) is 2.85. The number of fused-ring (bicyclic) bond motifs is 1. The Morgan fingerprint density at radius 3 is 2.81 bits per heavy atom. The van der Waals surface area contributed by atoms with Crippen LogP contribution in [-0.2, 0) is 11.2 Å². The van der Waals surface area contributed by atoms with Crippen molar-refractivity contribution in [1.29, 1.82) is 0 Å². The first-order valence-electron chi connectivity index (χ1n) is 6.46. The highest BCUT2D eigenvalue weighted by Gasteiger charge is 2.25. The van der Waals surface area contributed by atoms with Crippen molar-refractivity contribution >= 4 is 61.7 Å². The van der Waals surface area contributed by atoms with E-state index in [9.17, 15) is 4.79 Å². The number of carbonyl (C=O) groups excluding carboxylic acids is 1. The second-order valence-electron chi connectivity index (χ2n) is 5.05. The van der Waals surface area contributed by atoms with Crippen molar-refractivity contribution in [1.82, 2.24) is 0 Å². The van der Waals surface area contributed by atoms with E-state index in [1.165, 1.54) is 0 Å². The highest BCUT2D eigenvalue weighted by atomic mass is 127. The standard InChI is InChI=1S/C16H12BrClINO/c1-20-14-5-2-9(6-10(14)7-15(20)21)16(17)12-8-11(18)3-4-13(12)19/h2-6,8,16H,7H2,1H3. The topological polar surface area (TPSA) is 20.3 Å². The van der Waals surface area contributed by atoms with Gasteiger partial charge in [-0.25, -0.2) is 0 Å². The number of rotatable bonds is 2. The predicted octanol–water partition coefficient (Wildman–Crippen LogP) is 4.95. The minimum atomic E-state index is 0.0643. The molecule has 1 unspecified atom stereocenters. The summed E-state index contributed by atoms with van der Waals surface area (Å²) in [6, 6.07) is 12.1. The van der Waals surface area contributed by atoms with E-state index in [1.54, 1.807) is 4.90 Å². The van der Waals surface area contributed by atoms with Gasteiger partial charge in [-0.2, -0.15) is 0 Å². The minimum Gasteiger partial charge on any atom is -0.315 e. The van der Waals surface area contributed by atoms with Gasteiger partial charge in [0.2, 0.25) is 5.91 Å². The molecule has 2 aromatic rings. The summed E-state index contributed by atoms with van der Waals surface area (Å²) < 4.78 is 1.16. The van der Waals surface area contributed by atoms with Crippen molar-refractivity contribution in [2.24, 2.45) is 0 Å². The fraction of sp³-hybridized carbons (Fsp3) is 0.188. The lowest BCUT2D eigenvalue weighted by Crippen LogP contribution is -2.20. The minimum absolute atomic E-state index is 0.0643. The van der Waals surface area contributed by atoms with Crippen molar-refractivity contribution < 1.29 is 4.79 Å². The van der Waals surface area contributed by atoms with E-state index < -0.39 is 0 Å². The van der Waals surface area contributed by atoms with Crippen molar-refractivity contribution in [3.63, 3.8) is 0 Å². The van der Waals surface area contributed by atoms with E-state index in [2.05, 4.69) is 50.7 Å². The van der Waals surface area contributed by atoms with Gasteiger partial charge in [0.05, 0.1) is 11.2 Å². The Hall–Kier alpha value is -0.590. The summed E-state index contributed by atoms with van der Waals surface area (Å²) in [5.41, 5.74) is 4.36. The molecule has 3 rings (SSSR count). The summed E-state index contributed by atoms with van der Waals surface area (Å²) in [5.74, 6) is 0.144. The van der Waals surface area contributed by atoms with E-state index in [0.717, 1.165) is 31.0 Å². The average molecular weight is 477 g/mol. The van der Waals surface area contributed by atoms with Gasteiger partial charge in [0.25, 0.3) is 0 Å². The lowest BCUT2D eigenvalue weighted by atomic mass is 10.0. The van der Waals surface area contributed by atoms with Crippen molar-refractivity contribution in [3.05, 3.63) is 61.7 Å². The van der Waals surface area contributed by atoms with Crippen LogP contribution in [0.4, 0.5) is 5.69 Å². The summed E-state index contributed by atoms with van der Waals surface area (Å²) in [5, 5.41) is 0.728. The van der Waals surface area contributed by atoms with Gasteiger partial charge in [-0.1, -0.05) is 39.7 Å². The van der Waals surface area contributed by atoms with Crippen LogP contribution in [0.2, 0.25) is 5.02 Å². The molecule has 0 N–H and O–H groups in total. The van der Waals surface area contributed by atoms with E-state index >= 15 is 0 Å². The molecule has 21 heavy (non-hydrogen) atoms. The van der Waals surface area contributed by atoms with Gasteiger partial charge in [-0.05, 0) is 63.5 Å². The molecule has 1 aliphatic rings. The number of amides is 1. The maximum absolute atomic E-state index is 11.8. The molecule has 5 heteroatoms. The van der Waals surface area contributed by atoms with Crippen LogP contribution in [0.25, 0.3) is 0 Å². The lowest BCUT2D eigenvalue weighted by molar-refractivity contribution is -0.117. The quantitative estimate of drug-likeness (QED) is 0.444. The van der Waals surface area contributed by atoms with Crippen LogP contribution in [0.5, 0.6) is 0 Å². The largest absolute Gasteiger partial charge is 0.315 e. The summed E-state index contributed by atoms with van der Waals surface area (Å²) in [6.07, 6.45) is 0.478. The zero-order valence-electron chi connectivity index (χ0n) is 11.2. The normalized spacial score (nSPS) is 15.2. The number of hydrogen-bond donors (Lipinski definition) is 0. The Morgan fingerprint density at radius 1 is 1.29 bits per heavy atom. The van der Waals surface area contributed by atoms with Crippen LogP contribution < -0.4 is 4.90 Å². The summed E-state index contributed by atoms with van der Waals surface area (Å²) in [4.78, 5) is 13.6. The fourth-order valence-corrected chi connectivity index (χ4v) is 4.46. The molecule has 108 valence electrons. The van der Waals surface area contributed by atoms with E-state index in [1.807, 2.05) is 31.3 Å². The van der Waals surface area contributed by atoms with Crippen LogP contribution >= 0.6 is 50.1 Å². The number of benzene rings is 2. The van der Waals surface area contributed by atoms with E-state index in [0.29, 0.717) is 6.42 Å². The van der Waals surface area contributed by atoms with Gasteiger partial charge in [0.15, 0.2) is 0 Å². The van der Waals surface area contributed by atoms with Crippen LogP contribution in [0.3, 0.4) is 0 Å². The van der Waals surface area contributed by atoms with Gasteiger partial charge in [-0.15, -0.1) is 0 Å². The smallest absolute Gasteiger partial charge is 0.231 e. The number of hydrogen-bond acceptors (Lipinski definition) is 1. The molecule has 0 spiro atoms. The SMILES string of the molecule is CN1C(=O)Cc2cc(C(Br)c3cc(Cl)ccc3I)ccc21. The molecule has 0 aromatic heterocycles. The molecule has 0 bridgehead atoms. The van der Waals surface area contributed by atoms with E-state index in [4.69, 9.17) is 11.6 Å². The molecule has 2 nitrogen and oxygen atoms in total. The maximum Gasteiger partial charge on any atom is 0.231 e. The first kappa shape index (κ1) is 15.3. The highest BCUT2D eigenvalue weighted by molar-refractivity contribution is 14.1. The third-order valence-corrected chi connectivity index (χ3v) is 5.94. The number of anilines is 1. The Bertz CT molecular complexity index is 734. The fourth-order valence-electron chi connectivity index (χ4n) is 2.54. The molecular weight excluding hydrogens is 464 g/mol. The number of carbonyl (C=O) groups is 1. The monoisotopic (exact) mass is 475 g/mol. The Balaban J connectivity index is 2.00. The highest BCUT2D eigenvalue weighted by Crippen LogP contribution is 2.38. The second kappa shape index (κ2) is 5.89. The molecule has 0 aliphatic carbocycles. The Labute approximate surface area is 150 Å². The Kier molecular flexibility index (Phi) is 4.30. The van der Waals surface area contributed by atoms with Crippen LogP contribution in [-0.4, -0.2) is 13.0 Å². The van der Waals surface area contributed by atoms with Crippen molar-refractivity contribution in [2.75, 3.05) is 11.9 Å². The van der Waals surface area contributed by atoms with Gasteiger partial charge in [0.1, 0.15) is 0 Å². The maximum atomic E-state index is 11.8. The number of halogens is 3. The summed E-state index contributed by atoms with van der Waals surface area (Å²) in [6.45, 7) is 0. The summed E-state index contributed by atoms with van der Waals surface area (Å²) in [7, 11) is 1.82. The number of nitrogens with zero attached hydrogens (tertiary/aromatic N) is 1. The van der Waals surface area contributed by atoms with Gasteiger partial charge < -0.3 is 4.90 Å². The lowest BCUT2D eigenvalue weighted by Gasteiger charge is -2.15. The van der Waals surface area contributed by atoms with Gasteiger partial charge in [0, 0.05) is 21.3 Å². The molecule has 0 saturated heterocycles. The third-order valence-electron chi connectivity index (χ3n) is 3.70. The molecule has 0 saturated carbocycles. The molecule has 1 atom stereocenters. The second-order valence-corrected chi connectivity index (χ2v) is 7.56. The predicted molar refractivity (Wildman–Crippen MR) is 98.5 cm³/mol. The zero-order chi connectivity index (χ0) is 15.1. The number of alkyl halides is 1. The molecule has 1 amide bonds. The molecule has 1 heterocycles. The van der Waals surface area contributed by atoms with Crippen LogP contribution in [0, 0.1) is 3.57 Å². The van der Waals surface area contributed by atoms with Gasteiger partial charge >= 0.3 is 0 Å². The molecule has 1 aliphatic heterocycles. The van der Waals surface area contributed by atoms with E-state index in [-0.39, 0.29) is 10.7 Å². The first-order chi connectivity index (χ1) is 9.97. The first-order valence-corrected chi connectivity index (χ1v) is 8.83. The molecule has 0 fully saturated rings. The Morgan fingerprint density at radius 2 is 2.05 bits per heavy atom. The molecule has 2 aromatic carbocycles.